The molecule has 0 radical (unpaired) electrons. The van der Waals surface area contributed by atoms with Crippen molar-refractivity contribution in [1.82, 2.24) is 0 Å². The van der Waals surface area contributed by atoms with Gasteiger partial charge in [-0.2, -0.15) is 0 Å². The Hall–Kier alpha value is -1.72. The van der Waals surface area contributed by atoms with Crippen LogP contribution in [-0.2, 0) is 4.79 Å². The van der Waals surface area contributed by atoms with Gasteiger partial charge in [0, 0.05) is 18.2 Å². The summed E-state index contributed by atoms with van der Waals surface area (Å²) >= 11 is 3.07. The number of anilines is 1. The Kier molecular flexibility index (Phi) is 5.47. The fourth-order valence-corrected chi connectivity index (χ4v) is 2.20. The van der Waals surface area contributed by atoms with Gasteiger partial charge in [-0.15, -0.1) is 0 Å². The van der Waals surface area contributed by atoms with Crippen molar-refractivity contribution < 1.29 is 9.18 Å². The number of amides is 1. The van der Waals surface area contributed by atoms with Crippen LogP contribution in [0.15, 0.2) is 53.0 Å². The van der Waals surface area contributed by atoms with Crippen LogP contribution in [-0.4, -0.2) is 5.91 Å². The summed E-state index contributed by atoms with van der Waals surface area (Å²) in [5.74, 6) is -0.586. The Morgan fingerprint density at radius 3 is 2.62 bits per heavy atom. The van der Waals surface area contributed by atoms with Gasteiger partial charge in [0.05, 0.1) is 4.47 Å². The van der Waals surface area contributed by atoms with Crippen LogP contribution in [0.2, 0.25) is 0 Å². The van der Waals surface area contributed by atoms with Crippen LogP contribution in [0, 0.1) is 5.82 Å². The summed E-state index contributed by atoms with van der Waals surface area (Å²) in [4.78, 5) is 11.8. The van der Waals surface area contributed by atoms with E-state index in [9.17, 15) is 9.18 Å². The third-order valence-electron chi connectivity index (χ3n) is 3.11. The van der Waals surface area contributed by atoms with Crippen LogP contribution in [0.1, 0.15) is 24.4 Å². The highest BCUT2D eigenvalue weighted by atomic mass is 79.9. The third-order valence-corrected chi connectivity index (χ3v) is 3.76. The van der Waals surface area contributed by atoms with Gasteiger partial charge >= 0.3 is 0 Å². The number of nitrogens with two attached hydrogens (primary N) is 1. The first-order valence-corrected chi connectivity index (χ1v) is 7.41. The van der Waals surface area contributed by atoms with Crippen molar-refractivity contribution in [3.05, 3.63) is 64.4 Å². The molecule has 0 heterocycles. The van der Waals surface area contributed by atoms with Crippen molar-refractivity contribution in [2.45, 2.75) is 18.9 Å². The Morgan fingerprint density at radius 1 is 1.24 bits per heavy atom. The molecule has 3 nitrogen and oxygen atoms in total. The first kappa shape index (κ1) is 15.7. The van der Waals surface area contributed by atoms with Crippen LogP contribution >= 0.6 is 15.9 Å². The summed E-state index contributed by atoms with van der Waals surface area (Å²) < 4.78 is 13.7. The average Bonchev–Trinajstić information content (AvgIpc) is 2.49. The van der Waals surface area contributed by atoms with Crippen LogP contribution < -0.4 is 11.1 Å². The number of carbonyl (C=O) groups excluding carboxylic acids is 1. The van der Waals surface area contributed by atoms with Crippen molar-refractivity contribution in [3.8, 4) is 0 Å². The molecule has 0 aromatic heterocycles. The van der Waals surface area contributed by atoms with Crippen molar-refractivity contribution in [2.75, 3.05) is 5.32 Å². The predicted octanol–water partition coefficient (Wildman–Crippen LogP) is 4.01. The van der Waals surface area contributed by atoms with Gasteiger partial charge in [0.15, 0.2) is 0 Å². The van der Waals surface area contributed by atoms with Crippen LogP contribution in [0.5, 0.6) is 0 Å². The van der Waals surface area contributed by atoms with E-state index in [1.807, 2.05) is 30.3 Å². The van der Waals surface area contributed by atoms with Crippen molar-refractivity contribution >= 4 is 27.5 Å². The van der Waals surface area contributed by atoms with E-state index in [1.54, 1.807) is 12.1 Å². The zero-order valence-electron chi connectivity index (χ0n) is 11.4. The van der Waals surface area contributed by atoms with E-state index >= 15 is 0 Å². The second kappa shape index (κ2) is 7.33. The van der Waals surface area contributed by atoms with Crippen molar-refractivity contribution in [3.63, 3.8) is 0 Å². The molecule has 1 unspecified atom stereocenters. The van der Waals surface area contributed by atoms with Crippen LogP contribution in [0.25, 0.3) is 0 Å². The molecule has 0 fully saturated rings. The van der Waals surface area contributed by atoms with Gasteiger partial charge < -0.3 is 11.1 Å². The molecule has 3 N–H and O–H groups in total. The molecule has 0 spiro atoms. The van der Waals surface area contributed by atoms with E-state index in [-0.39, 0.29) is 18.4 Å². The molecule has 2 aromatic rings. The second-order valence-electron chi connectivity index (χ2n) is 4.73. The normalized spacial score (nSPS) is 12.0. The van der Waals surface area contributed by atoms with Gasteiger partial charge in [-0.3, -0.25) is 4.79 Å². The molecule has 0 aliphatic carbocycles. The number of halogens is 2. The first-order valence-electron chi connectivity index (χ1n) is 6.61. The van der Waals surface area contributed by atoms with Gasteiger partial charge in [-0.25, -0.2) is 4.39 Å². The average molecular weight is 351 g/mol. The summed E-state index contributed by atoms with van der Waals surface area (Å²) in [7, 11) is 0. The molecule has 1 amide bonds. The highest BCUT2D eigenvalue weighted by molar-refractivity contribution is 9.10. The molecular formula is C16H16BrFN2O. The third kappa shape index (κ3) is 4.65. The van der Waals surface area contributed by atoms with Gasteiger partial charge in [0.2, 0.25) is 5.91 Å². The molecule has 0 aliphatic rings. The summed E-state index contributed by atoms with van der Waals surface area (Å²) in [6.45, 7) is 0. The fourth-order valence-electron chi connectivity index (χ4n) is 1.95. The molecule has 2 rings (SSSR count). The van der Waals surface area contributed by atoms with Gasteiger partial charge in [-0.1, -0.05) is 30.3 Å². The summed E-state index contributed by atoms with van der Waals surface area (Å²) in [6.07, 6.45) is 0.822. The molecule has 5 heteroatoms. The Bertz CT molecular complexity index is 619. The highest BCUT2D eigenvalue weighted by Gasteiger charge is 2.10. The Morgan fingerprint density at radius 2 is 1.95 bits per heavy atom. The molecular weight excluding hydrogens is 335 g/mol. The molecule has 1 atom stereocenters. The lowest BCUT2D eigenvalue weighted by Gasteiger charge is -2.12. The lowest BCUT2D eigenvalue weighted by molar-refractivity contribution is -0.116. The topological polar surface area (TPSA) is 55.1 Å². The number of carbonyl (C=O) groups is 1. The van der Waals surface area contributed by atoms with Gasteiger partial charge in [-0.05, 0) is 46.1 Å². The maximum atomic E-state index is 13.3. The number of hydrogen-bond donors (Lipinski definition) is 2. The lowest BCUT2D eigenvalue weighted by Crippen LogP contribution is -2.16. The molecule has 0 aliphatic heterocycles. The Balaban J connectivity index is 1.86. The number of benzene rings is 2. The number of nitrogens with one attached hydrogen (secondary N) is 1. The monoisotopic (exact) mass is 350 g/mol. The summed E-state index contributed by atoms with van der Waals surface area (Å²) in [5.41, 5.74) is 7.47. The van der Waals surface area contributed by atoms with E-state index in [0.717, 1.165) is 5.56 Å². The predicted molar refractivity (Wildman–Crippen MR) is 85.3 cm³/mol. The van der Waals surface area contributed by atoms with E-state index in [0.29, 0.717) is 16.6 Å². The second-order valence-corrected chi connectivity index (χ2v) is 5.59. The molecule has 110 valence electrons. The first-order chi connectivity index (χ1) is 10.1. The zero-order valence-corrected chi connectivity index (χ0v) is 12.9. The highest BCUT2D eigenvalue weighted by Crippen LogP contribution is 2.20. The minimum atomic E-state index is -0.409. The minimum absolute atomic E-state index is 0.178. The summed E-state index contributed by atoms with van der Waals surface area (Å²) in [5, 5.41) is 2.66. The van der Waals surface area contributed by atoms with Crippen LogP contribution in [0.4, 0.5) is 10.1 Å². The molecule has 0 saturated carbocycles. The molecule has 0 saturated heterocycles. The minimum Gasteiger partial charge on any atom is -0.326 e. The van der Waals surface area contributed by atoms with Gasteiger partial charge in [0.1, 0.15) is 5.82 Å². The SMILES string of the molecule is NC(CCC(=O)Nc1ccc(Br)c(F)c1)c1ccccc1. The van der Waals surface area contributed by atoms with Crippen molar-refractivity contribution in [1.29, 1.82) is 0 Å². The smallest absolute Gasteiger partial charge is 0.224 e. The number of rotatable bonds is 5. The van der Waals surface area contributed by atoms with Crippen molar-refractivity contribution in [2.24, 2.45) is 5.73 Å². The largest absolute Gasteiger partial charge is 0.326 e. The van der Waals surface area contributed by atoms with Crippen LogP contribution in [0.3, 0.4) is 0 Å². The van der Waals surface area contributed by atoms with E-state index in [4.69, 9.17) is 5.73 Å². The van der Waals surface area contributed by atoms with E-state index < -0.39 is 5.82 Å². The molecule has 2 aromatic carbocycles. The molecule has 21 heavy (non-hydrogen) atoms. The standard InChI is InChI=1S/C16H16BrFN2O/c17-13-7-6-12(10-14(13)18)20-16(21)9-8-15(19)11-4-2-1-3-5-11/h1-7,10,15H,8-9,19H2,(H,20,21). The van der Waals surface area contributed by atoms with E-state index in [2.05, 4.69) is 21.2 Å². The lowest BCUT2D eigenvalue weighted by atomic mass is 10.0. The maximum Gasteiger partial charge on any atom is 0.224 e. The summed E-state index contributed by atoms with van der Waals surface area (Å²) in [6, 6.07) is 13.9. The van der Waals surface area contributed by atoms with Gasteiger partial charge in [0.25, 0.3) is 0 Å². The quantitative estimate of drug-likeness (QED) is 0.855. The van der Waals surface area contributed by atoms with E-state index in [1.165, 1.54) is 6.07 Å². The maximum absolute atomic E-state index is 13.3. The number of hydrogen-bond acceptors (Lipinski definition) is 2. The Labute approximate surface area is 131 Å². The molecule has 0 bridgehead atoms. The fraction of sp³-hybridized carbons (Fsp3) is 0.188. The zero-order chi connectivity index (χ0) is 15.2.